The van der Waals surface area contributed by atoms with Gasteiger partial charge in [0.15, 0.2) is 0 Å². The minimum Gasteiger partial charge on any atom is -0.443 e. The van der Waals surface area contributed by atoms with Crippen molar-refractivity contribution in [3.8, 4) is 17.9 Å². The predicted molar refractivity (Wildman–Crippen MR) is 102 cm³/mol. The van der Waals surface area contributed by atoms with Gasteiger partial charge in [-0.25, -0.2) is 4.98 Å². The van der Waals surface area contributed by atoms with Gasteiger partial charge in [-0.05, 0) is 34.6 Å². The van der Waals surface area contributed by atoms with Crippen LogP contribution >= 0.6 is 0 Å². The molecule has 1 atom stereocenters. The molecule has 0 aromatic carbocycles. The van der Waals surface area contributed by atoms with Crippen LogP contribution in [0.1, 0.15) is 22.5 Å². The Balaban J connectivity index is 1.32. The quantitative estimate of drug-likeness (QED) is 0.345. The fraction of sp³-hybridized carbons (Fsp3) is 0.250. The molecular weight excluding hydrogens is 431 g/mol. The summed E-state index contributed by atoms with van der Waals surface area (Å²) in [5.41, 5.74) is 0.569. The largest absolute Gasteiger partial charge is 0.443 e. The summed E-state index contributed by atoms with van der Waals surface area (Å²) in [5.74, 6) is 5.20. The second-order valence-corrected chi connectivity index (χ2v) is 6.77. The molecule has 12 heteroatoms. The zero-order chi connectivity index (χ0) is 22.7. The van der Waals surface area contributed by atoms with Crippen LogP contribution in [0.25, 0.3) is 0 Å². The summed E-state index contributed by atoms with van der Waals surface area (Å²) in [4.78, 5) is 21.5. The lowest BCUT2D eigenvalue weighted by molar-refractivity contribution is -0.389. The Morgan fingerprint density at radius 1 is 1.22 bits per heavy atom. The lowest BCUT2D eigenvalue weighted by Crippen LogP contribution is -2.32. The Bertz CT molecular complexity index is 1180. The highest BCUT2D eigenvalue weighted by Gasteiger charge is 2.32. The summed E-state index contributed by atoms with van der Waals surface area (Å²) < 4.78 is 50.3. The number of halogens is 3. The minimum absolute atomic E-state index is 0.185. The van der Waals surface area contributed by atoms with E-state index in [1.54, 1.807) is 18.3 Å². The van der Waals surface area contributed by atoms with Crippen molar-refractivity contribution in [3.63, 3.8) is 0 Å². The minimum atomic E-state index is -4.49. The molecule has 0 radical (unpaired) electrons. The fourth-order valence-electron chi connectivity index (χ4n) is 2.83. The molecule has 0 saturated heterocycles. The van der Waals surface area contributed by atoms with Gasteiger partial charge in [0.1, 0.15) is 30.3 Å². The highest BCUT2D eigenvalue weighted by atomic mass is 19.4. The van der Waals surface area contributed by atoms with Gasteiger partial charge in [-0.2, -0.15) is 13.2 Å². The summed E-state index contributed by atoms with van der Waals surface area (Å²) in [5, 5.41) is 10.8. The highest BCUT2D eigenvalue weighted by Crippen LogP contribution is 2.27. The predicted octanol–water partition coefficient (Wildman–Crippen LogP) is 2.98. The number of hydrogen-bond donors (Lipinski definition) is 0. The van der Waals surface area contributed by atoms with E-state index in [0.29, 0.717) is 17.8 Å². The number of hydrogen-bond acceptors (Lipinski definition) is 7. The molecular formula is C20H14F3N5O4. The summed E-state index contributed by atoms with van der Waals surface area (Å²) in [6, 6.07) is 5.73. The van der Waals surface area contributed by atoms with Gasteiger partial charge in [0.25, 0.3) is 0 Å². The molecule has 0 N–H and O–H groups in total. The smallest absolute Gasteiger partial charge is 0.433 e. The number of alkyl halides is 3. The van der Waals surface area contributed by atoms with E-state index in [-0.39, 0.29) is 31.1 Å². The lowest BCUT2D eigenvalue weighted by Gasteiger charge is -2.22. The molecule has 1 aliphatic rings. The van der Waals surface area contributed by atoms with Gasteiger partial charge in [-0.1, -0.05) is 12.0 Å². The molecule has 3 aromatic heterocycles. The van der Waals surface area contributed by atoms with Crippen molar-refractivity contribution >= 4 is 5.82 Å². The molecule has 3 aromatic rings. The topological polar surface area (TPSA) is 105 Å². The van der Waals surface area contributed by atoms with E-state index >= 15 is 0 Å². The summed E-state index contributed by atoms with van der Waals surface area (Å²) >= 11 is 0. The van der Waals surface area contributed by atoms with Crippen molar-refractivity contribution in [3.05, 3.63) is 75.5 Å². The Kier molecular flexibility index (Phi) is 5.74. The van der Waals surface area contributed by atoms with E-state index in [2.05, 4.69) is 26.8 Å². The number of nitrogens with zero attached hydrogens (tertiary/aromatic N) is 5. The van der Waals surface area contributed by atoms with Crippen molar-refractivity contribution < 1.29 is 27.6 Å². The van der Waals surface area contributed by atoms with E-state index in [1.165, 1.54) is 16.8 Å². The highest BCUT2D eigenvalue weighted by molar-refractivity contribution is 5.39. The standard InChI is InChI=1S/C20H14F3N5O4/c21-20(22,23)17-6-3-13(7-25-17)1-4-15-5-2-14(8-24-15)11-31-16-9-27-10-18(28(29)30)26-19(27)32-12-16/h2-3,5-8,10,16H,9,11-12H2/t16-/m0/s1. The van der Waals surface area contributed by atoms with Gasteiger partial charge in [0.05, 0.1) is 13.2 Å². The number of ether oxygens (including phenoxy) is 2. The molecule has 4 rings (SSSR count). The van der Waals surface area contributed by atoms with Crippen LogP contribution in [-0.2, 0) is 24.1 Å². The van der Waals surface area contributed by atoms with Crippen molar-refractivity contribution in [1.82, 2.24) is 19.5 Å². The number of pyridine rings is 2. The number of nitro groups is 1. The van der Waals surface area contributed by atoms with Crippen LogP contribution in [0, 0.1) is 22.0 Å². The number of aromatic nitrogens is 4. The number of fused-ring (bicyclic) bond motifs is 1. The molecule has 0 aliphatic carbocycles. The first-order valence-electron chi connectivity index (χ1n) is 9.24. The Morgan fingerprint density at radius 2 is 2.06 bits per heavy atom. The number of rotatable bonds is 4. The van der Waals surface area contributed by atoms with Crippen LogP contribution in [-0.4, -0.2) is 37.2 Å². The van der Waals surface area contributed by atoms with Crippen molar-refractivity contribution in [2.45, 2.75) is 25.4 Å². The molecule has 4 heterocycles. The first-order valence-corrected chi connectivity index (χ1v) is 9.24. The average molecular weight is 445 g/mol. The van der Waals surface area contributed by atoms with Gasteiger partial charge in [0.2, 0.25) is 0 Å². The molecule has 32 heavy (non-hydrogen) atoms. The summed E-state index contributed by atoms with van der Waals surface area (Å²) in [7, 11) is 0. The number of imidazole rings is 1. The van der Waals surface area contributed by atoms with Crippen LogP contribution in [0.4, 0.5) is 19.0 Å². The first kappa shape index (κ1) is 21.3. The van der Waals surface area contributed by atoms with E-state index in [9.17, 15) is 23.3 Å². The maximum atomic E-state index is 12.5. The van der Waals surface area contributed by atoms with E-state index in [1.807, 2.05) is 0 Å². The molecule has 0 saturated carbocycles. The molecule has 0 spiro atoms. The molecule has 164 valence electrons. The molecule has 0 amide bonds. The Labute approximate surface area is 179 Å². The average Bonchev–Trinajstić information content (AvgIpc) is 3.20. The van der Waals surface area contributed by atoms with Crippen molar-refractivity contribution in [2.75, 3.05) is 6.61 Å². The maximum absolute atomic E-state index is 12.5. The van der Waals surface area contributed by atoms with Crippen molar-refractivity contribution in [1.29, 1.82) is 0 Å². The van der Waals surface area contributed by atoms with Crippen LogP contribution in [0.3, 0.4) is 0 Å². The Hall–Kier alpha value is -3.98. The third-order valence-electron chi connectivity index (χ3n) is 4.41. The maximum Gasteiger partial charge on any atom is 0.433 e. The molecule has 0 fully saturated rings. The van der Waals surface area contributed by atoms with Crippen LogP contribution in [0.2, 0.25) is 0 Å². The third kappa shape index (κ3) is 5.01. The van der Waals surface area contributed by atoms with E-state index in [0.717, 1.165) is 17.8 Å². The second kappa shape index (κ2) is 8.64. The summed E-state index contributed by atoms with van der Waals surface area (Å²) in [6.45, 7) is 0.824. The summed E-state index contributed by atoms with van der Waals surface area (Å²) in [6.07, 6.45) is -0.875. The molecule has 1 aliphatic heterocycles. The zero-order valence-electron chi connectivity index (χ0n) is 16.2. The fourth-order valence-corrected chi connectivity index (χ4v) is 2.83. The van der Waals surface area contributed by atoms with Crippen LogP contribution in [0.15, 0.2) is 42.9 Å². The lowest BCUT2D eigenvalue weighted by atomic mass is 10.2. The normalized spacial score (nSPS) is 15.3. The second-order valence-electron chi connectivity index (χ2n) is 6.77. The van der Waals surface area contributed by atoms with E-state index in [4.69, 9.17) is 9.47 Å². The van der Waals surface area contributed by atoms with Gasteiger partial charge in [-0.15, -0.1) is 0 Å². The molecule has 0 bridgehead atoms. The zero-order valence-corrected chi connectivity index (χ0v) is 16.2. The Morgan fingerprint density at radius 3 is 2.72 bits per heavy atom. The monoisotopic (exact) mass is 445 g/mol. The van der Waals surface area contributed by atoms with Gasteiger partial charge < -0.3 is 19.6 Å². The van der Waals surface area contributed by atoms with Gasteiger partial charge in [-0.3, -0.25) is 9.55 Å². The SMILES string of the molecule is O=[N+]([O-])c1cn2c(n1)OC[C@@H](OCc1ccc(C#Cc3ccc(C(F)(F)F)nc3)nc1)C2. The molecule has 0 unspecified atom stereocenters. The van der Waals surface area contributed by atoms with E-state index < -0.39 is 16.8 Å². The van der Waals surface area contributed by atoms with Crippen LogP contribution < -0.4 is 4.74 Å². The third-order valence-corrected chi connectivity index (χ3v) is 4.41. The van der Waals surface area contributed by atoms with Crippen molar-refractivity contribution in [2.24, 2.45) is 0 Å². The van der Waals surface area contributed by atoms with Crippen LogP contribution in [0.5, 0.6) is 6.01 Å². The molecule has 9 nitrogen and oxygen atoms in total. The van der Waals surface area contributed by atoms with Gasteiger partial charge >= 0.3 is 18.0 Å². The van der Waals surface area contributed by atoms with Gasteiger partial charge in [0, 0.05) is 22.9 Å². The first-order chi connectivity index (χ1) is 15.3.